The first-order valence-corrected chi connectivity index (χ1v) is 8.01. The van der Waals surface area contributed by atoms with E-state index in [2.05, 4.69) is 5.32 Å². The van der Waals surface area contributed by atoms with E-state index < -0.39 is 26.7 Å². The van der Waals surface area contributed by atoms with E-state index in [0.717, 1.165) is 6.07 Å². The molecule has 0 aliphatic carbocycles. The zero-order chi connectivity index (χ0) is 14.0. The average molecular weight is 289 g/mol. The molecule has 1 aliphatic heterocycles. The van der Waals surface area contributed by atoms with Crippen molar-refractivity contribution in [2.75, 3.05) is 12.3 Å². The van der Waals surface area contributed by atoms with Gasteiger partial charge in [0.15, 0.2) is 9.84 Å². The highest BCUT2D eigenvalue weighted by molar-refractivity contribution is 7.92. The number of rotatable bonds is 4. The van der Waals surface area contributed by atoms with Crippen molar-refractivity contribution < 1.29 is 17.2 Å². The number of nitrogens with one attached hydrogen (secondary N) is 1. The van der Waals surface area contributed by atoms with Crippen molar-refractivity contribution in [2.45, 2.75) is 31.1 Å². The van der Waals surface area contributed by atoms with Gasteiger partial charge < -0.3 is 5.32 Å². The highest BCUT2D eigenvalue weighted by atomic mass is 32.2. The lowest BCUT2D eigenvalue weighted by molar-refractivity contribution is 0.507. The van der Waals surface area contributed by atoms with Crippen molar-refractivity contribution in [2.24, 2.45) is 0 Å². The van der Waals surface area contributed by atoms with Crippen LogP contribution in [-0.2, 0) is 9.84 Å². The molecule has 0 saturated carbocycles. The molecule has 3 nitrogen and oxygen atoms in total. The van der Waals surface area contributed by atoms with Crippen molar-refractivity contribution in [1.82, 2.24) is 5.32 Å². The first kappa shape index (κ1) is 14.4. The molecule has 0 radical (unpaired) electrons. The molecule has 1 heterocycles. The molecule has 0 spiro atoms. The van der Waals surface area contributed by atoms with Crippen LogP contribution in [0.3, 0.4) is 0 Å². The van der Waals surface area contributed by atoms with Gasteiger partial charge in [0.2, 0.25) is 0 Å². The van der Waals surface area contributed by atoms with Crippen LogP contribution >= 0.6 is 0 Å². The average Bonchev–Trinajstić information content (AvgIpc) is 2.65. The van der Waals surface area contributed by atoms with Crippen molar-refractivity contribution in [3.8, 4) is 0 Å². The molecule has 2 atom stereocenters. The van der Waals surface area contributed by atoms with E-state index in [1.807, 2.05) is 0 Å². The number of halogens is 2. The van der Waals surface area contributed by atoms with Crippen LogP contribution in [0.2, 0.25) is 0 Å². The lowest BCUT2D eigenvalue weighted by Crippen LogP contribution is -2.32. The van der Waals surface area contributed by atoms with E-state index in [-0.39, 0.29) is 11.8 Å². The summed E-state index contributed by atoms with van der Waals surface area (Å²) in [5, 5.41) is 2.62. The molecule has 1 aromatic rings. The summed E-state index contributed by atoms with van der Waals surface area (Å²) >= 11 is 0. The molecule has 106 valence electrons. The van der Waals surface area contributed by atoms with Gasteiger partial charge in [-0.3, -0.25) is 0 Å². The van der Waals surface area contributed by atoms with Gasteiger partial charge >= 0.3 is 0 Å². The van der Waals surface area contributed by atoms with Crippen molar-refractivity contribution >= 4 is 9.84 Å². The predicted molar refractivity (Wildman–Crippen MR) is 69.6 cm³/mol. The number of hydrogen-bond donors (Lipinski definition) is 1. The van der Waals surface area contributed by atoms with Crippen LogP contribution in [0.4, 0.5) is 8.78 Å². The molecule has 19 heavy (non-hydrogen) atoms. The minimum atomic E-state index is -3.00. The maximum Gasteiger partial charge on any atom is 0.154 e. The first-order chi connectivity index (χ1) is 8.90. The number of hydrogen-bond acceptors (Lipinski definition) is 3. The molecule has 0 aromatic heterocycles. The van der Waals surface area contributed by atoms with E-state index in [1.165, 1.54) is 12.1 Å². The molecule has 2 unspecified atom stereocenters. The quantitative estimate of drug-likeness (QED) is 0.924. The van der Waals surface area contributed by atoms with Gasteiger partial charge in [-0.1, -0.05) is 6.07 Å². The standard InChI is InChI=1S/C13H17F2NO2S/c1-9(12-5-4-10(14)7-13(12)15)16-8-11-3-2-6-19(11,17)18/h4-5,7,9,11,16H,2-3,6,8H2,1H3. The zero-order valence-electron chi connectivity index (χ0n) is 10.7. The van der Waals surface area contributed by atoms with Gasteiger partial charge in [0.05, 0.1) is 11.0 Å². The van der Waals surface area contributed by atoms with E-state index in [4.69, 9.17) is 0 Å². The Morgan fingerprint density at radius 1 is 1.42 bits per heavy atom. The Bertz CT molecular complexity index is 560. The van der Waals surface area contributed by atoms with Gasteiger partial charge in [0.1, 0.15) is 11.6 Å². The summed E-state index contributed by atoms with van der Waals surface area (Å²) in [4.78, 5) is 0. The van der Waals surface area contributed by atoms with Crippen molar-refractivity contribution in [3.63, 3.8) is 0 Å². The van der Waals surface area contributed by atoms with Crippen LogP contribution in [0.5, 0.6) is 0 Å². The molecule has 1 aromatic carbocycles. The summed E-state index contributed by atoms with van der Waals surface area (Å²) in [5.41, 5.74) is 0.344. The van der Waals surface area contributed by atoms with Crippen molar-refractivity contribution in [3.05, 3.63) is 35.4 Å². The van der Waals surface area contributed by atoms with Gasteiger partial charge in [0, 0.05) is 24.2 Å². The molecule has 1 fully saturated rings. The van der Waals surface area contributed by atoms with Crippen LogP contribution in [-0.4, -0.2) is 26.0 Å². The van der Waals surface area contributed by atoms with Gasteiger partial charge in [-0.2, -0.15) is 0 Å². The number of benzene rings is 1. The molecule has 1 aliphatic rings. The molecule has 1 N–H and O–H groups in total. The van der Waals surface area contributed by atoms with E-state index >= 15 is 0 Å². The Kier molecular flexibility index (Phi) is 4.20. The smallest absolute Gasteiger partial charge is 0.154 e. The summed E-state index contributed by atoms with van der Waals surface area (Å²) in [7, 11) is -3.00. The molecule has 1 saturated heterocycles. The highest BCUT2D eigenvalue weighted by Crippen LogP contribution is 2.22. The Morgan fingerprint density at radius 2 is 2.16 bits per heavy atom. The third kappa shape index (κ3) is 3.30. The lowest BCUT2D eigenvalue weighted by Gasteiger charge is -2.17. The minimum Gasteiger partial charge on any atom is -0.309 e. The third-order valence-electron chi connectivity index (χ3n) is 3.54. The SMILES string of the molecule is CC(NCC1CCCS1(=O)=O)c1ccc(F)cc1F. The van der Waals surface area contributed by atoms with Gasteiger partial charge in [-0.05, 0) is 25.8 Å². The normalized spacial score (nSPS) is 23.4. The van der Waals surface area contributed by atoms with Crippen LogP contribution in [0.1, 0.15) is 31.4 Å². The fourth-order valence-corrected chi connectivity index (χ4v) is 4.14. The Hall–Kier alpha value is -1.01. The summed E-state index contributed by atoms with van der Waals surface area (Å²) in [5.74, 6) is -1.00. The first-order valence-electron chi connectivity index (χ1n) is 6.30. The molecule has 2 rings (SSSR count). The Morgan fingerprint density at radius 3 is 2.74 bits per heavy atom. The second-order valence-electron chi connectivity index (χ2n) is 4.93. The van der Waals surface area contributed by atoms with Gasteiger partial charge in [0.25, 0.3) is 0 Å². The number of sulfone groups is 1. The topological polar surface area (TPSA) is 46.2 Å². The van der Waals surface area contributed by atoms with Crippen LogP contribution in [0, 0.1) is 11.6 Å². The molecule has 6 heteroatoms. The zero-order valence-corrected chi connectivity index (χ0v) is 11.5. The van der Waals surface area contributed by atoms with Gasteiger partial charge in [-0.15, -0.1) is 0 Å². The predicted octanol–water partition coefficient (Wildman–Crippen LogP) is 2.19. The Balaban J connectivity index is 2.00. The van der Waals surface area contributed by atoms with Crippen LogP contribution in [0.25, 0.3) is 0 Å². The van der Waals surface area contributed by atoms with E-state index in [0.29, 0.717) is 24.9 Å². The minimum absolute atomic E-state index is 0.235. The van der Waals surface area contributed by atoms with Crippen LogP contribution < -0.4 is 5.32 Å². The molecule has 0 bridgehead atoms. The second-order valence-corrected chi connectivity index (χ2v) is 7.33. The van der Waals surface area contributed by atoms with Gasteiger partial charge in [-0.25, -0.2) is 17.2 Å². The molecular formula is C13H17F2NO2S. The van der Waals surface area contributed by atoms with Crippen LogP contribution in [0.15, 0.2) is 18.2 Å². The highest BCUT2D eigenvalue weighted by Gasteiger charge is 2.31. The fraction of sp³-hybridized carbons (Fsp3) is 0.538. The second kappa shape index (κ2) is 5.54. The summed E-state index contributed by atoms with van der Waals surface area (Å²) in [6.45, 7) is 2.04. The van der Waals surface area contributed by atoms with E-state index in [9.17, 15) is 17.2 Å². The van der Waals surface area contributed by atoms with E-state index in [1.54, 1.807) is 6.92 Å². The molecule has 0 amide bonds. The third-order valence-corrected chi connectivity index (χ3v) is 5.82. The summed E-state index contributed by atoms with van der Waals surface area (Å²) in [6.07, 6.45) is 1.34. The summed E-state index contributed by atoms with van der Waals surface area (Å²) < 4.78 is 49.7. The molecular weight excluding hydrogens is 272 g/mol. The summed E-state index contributed by atoms with van der Waals surface area (Å²) in [6, 6.07) is 3.06. The lowest BCUT2D eigenvalue weighted by atomic mass is 10.1. The van der Waals surface area contributed by atoms with Crippen molar-refractivity contribution in [1.29, 1.82) is 0 Å². The Labute approximate surface area is 111 Å². The largest absolute Gasteiger partial charge is 0.309 e. The fourth-order valence-electron chi connectivity index (χ4n) is 2.36. The maximum absolute atomic E-state index is 13.6. The maximum atomic E-state index is 13.6. The monoisotopic (exact) mass is 289 g/mol.